The van der Waals surface area contributed by atoms with Crippen LogP contribution in [0.15, 0.2) is 48.5 Å². The Morgan fingerprint density at radius 2 is 1.65 bits per heavy atom. The zero-order chi connectivity index (χ0) is 14.4. The summed E-state index contributed by atoms with van der Waals surface area (Å²) in [5.41, 5.74) is 0. The molecular formula is C15H14F2O3. The van der Waals surface area contributed by atoms with Gasteiger partial charge in [0.2, 0.25) is 0 Å². The number of rotatable bonds is 6. The van der Waals surface area contributed by atoms with E-state index in [1.54, 1.807) is 24.3 Å². The van der Waals surface area contributed by atoms with Crippen molar-refractivity contribution in [1.29, 1.82) is 0 Å². The Labute approximate surface area is 115 Å². The molecule has 0 radical (unpaired) electrons. The second kappa shape index (κ2) is 6.86. The molecule has 5 heteroatoms. The molecule has 0 amide bonds. The molecule has 106 valence electrons. The van der Waals surface area contributed by atoms with Crippen molar-refractivity contribution in [1.82, 2.24) is 0 Å². The summed E-state index contributed by atoms with van der Waals surface area (Å²) in [6.07, 6.45) is -0.946. The number of hydrogen-bond donors (Lipinski definition) is 1. The second-order valence-corrected chi connectivity index (χ2v) is 4.16. The monoisotopic (exact) mass is 280 g/mol. The van der Waals surface area contributed by atoms with Gasteiger partial charge in [-0.3, -0.25) is 0 Å². The van der Waals surface area contributed by atoms with Crippen LogP contribution in [0.2, 0.25) is 0 Å². The Morgan fingerprint density at radius 3 is 2.40 bits per heavy atom. The van der Waals surface area contributed by atoms with E-state index < -0.39 is 17.7 Å². The summed E-state index contributed by atoms with van der Waals surface area (Å²) >= 11 is 0. The number of aliphatic hydroxyl groups is 1. The third-order valence-electron chi connectivity index (χ3n) is 2.51. The van der Waals surface area contributed by atoms with Crippen LogP contribution < -0.4 is 9.47 Å². The summed E-state index contributed by atoms with van der Waals surface area (Å²) in [7, 11) is 0. The van der Waals surface area contributed by atoms with Crippen molar-refractivity contribution in [3.05, 3.63) is 60.2 Å². The lowest BCUT2D eigenvalue weighted by Gasteiger charge is -2.14. The fraction of sp³-hybridized carbons (Fsp3) is 0.200. The third-order valence-corrected chi connectivity index (χ3v) is 2.51. The Balaban J connectivity index is 1.80. The zero-order valence-corrected chi connectivity index (χ0v) is 10.6. The quantitative estimate of drug-likeness (QED) is 0.884. The summed E-state index contributed by atoms with van der Waals surface area (Å²) < 4.78 is 36.5. The van der Waals surface area contributed by atoms with E-state index in [2.05, 4.69) is 0 Å². The van der Waals surface area contributed by atoms with Crippen LogP contribution in [0.5, 0.6) is 11.5 Å². The maximum absolute atomic E-state index is 13.3. The largest absolute Gasteiger partial charge is 0.491 e. The Bertz CT molecular complexity index is 546. The molecule has 3 nitrogen and oxygen atoms in total. The van der Waals surface area contributed by atoms with Crippen LogP contribution in [-0.4, -0.2) is 24.4 Å². The molecule has 0 heterocycles. The van der Waals surface area contributed by atoms with Crippen molar-refractivity contribution in [3.63, 3.8) is 0 Å². The van der Waals surface area contributed by atoms with E-state index in [1.165, 1.54) is 0 Å². The first kappa shape index (κ1) is 14.3. The van der Waals surface area contributed by atoms with E-state index >= 15 is 0 Å². The van der Waals surface area contributed by atoms with Crippen LogP contribution in [0.4, 0.5) is 8.78 Å². The van der Waals surface area contributed by atoms with Gasteiger partial charge in [-0.05, 0) is 24.3 Å². The SMILES string of the molecule is OC(COc1ccccc1)COc1cc(F)ccc1F. The number of halogens is 2. The predicted octanol–water partition coefficient (Wildman–Crippen LogP) is 2.78. The molecule has 2 rings (SSSR count). The van der Waals surface area contributed by atoms with Gasteiger partial charge in [-0.25, -0.2) is 8.78 Å². The van der Waals surface area contributed by atoms with Crippen molar-refractivity contribution in [2.45, 2.75) is 6.10 Å². The van der Waals surface area contributed by atoms with Gasteiger partial charge in [0.15, 0.2) is 11.6 Å². The van der Waals surface area contributed by atoms with E-state index in [0.29, 0.717) is 5.75 Å². The molecule has 20 heavy (non-hydrogen) atoms. The summed E-state index contributed by atoms with van der Waals surface area (Å²) in [6.45, 7) is -0.186. The number of hydrogen-bond acceptors (Lipinski definition) is 3. The van der Waals surface area contributed by atoms with Gasteiger partial charge in [0.1, 0.15) is 30.9 Å². The lowest BCUT2D eigenvalue weighted by molar-refractivity contribution is 0.0611. The molecule has 2 aromatic rings. The van der Waals surface area contributed by atoms with E-state index in [1.807, 2.05) is 6.07 Å². The van der Waals surface area contributed by atoms with Gasteiger partial charge in [0, 0.05) is 6.07 Å². The highest BCUT2D eigenvalue weighted by Crippen LogP contribution is 2.18. The van der Waals surface area contributed by atoms with Crippen molar-refractivity contribution in [2.75, 3.05) is 13.2 Å². The maximum Gasteiger partial charge on any atom is 0.165 e. The minimum absolute atomic E-state index is 0.000941. The molecule has 0 bridgehead atoms. The zero-order valence-electron chi connectivity index (χ0n) is 10.6. The standard InChI is InChI=1S/C15H14F2O3/c16-11-6-7-14(17)15(8-11)20-10-12(18)9-19-13-4-2-1-3-5-13/h1-8,12,18H,9-10H2. The summed E-state index contributed by atoms with van der Waals surface area (Å²) in [5.74, 6) is -0.897. The predicted molar refractivity (Wildman–Crippen MR) is 69.8 cm³/mol. The lowest BCUT2D eigenvalue weighted by atomic mass is 10.3. The first-order valence-electron chi connectivity index (χ1n) is 6.09. The van der Waals surface area contributed by atoms with E-state index in [9.17, 15) is 13.9 Å². The van der Waals surface area contributed by atoms with Gasteiger partial charge in [-0.15, -0.1) is 0 Å². The number of ether oxygens (including phenoxy) is 2. The molecule has 2 aromatic carbocycles. The van der Waals surface area contributed by atoms with Gasteiger partial charge in [0.05, 0.1) is 0 Å². The highest BCUT2D eigenvalue weighted by Gasteiger charge is 2.10. The first-order valence-corrected chi connectivity index (χ1v) is 6.09. The first-order chi connectivity index (χ1) is 9.65. The molecule has 0 saturated heterocycles. The average Bonchev–Trinajstić information content (AvgIpc) is 2.47. The van der Waals surface area contributed by atoms with E-state index in [0.717, 1.165) is 18.2 Å². The highest BCUT2D eigenvalue weighted by atomic mass is 19.1. The lowest BCUT2D eigenvalue weighted by Crippen LogP contribution is -2.25. The molecule has 0 saturated carbocycles. The van der Waals surface area contributed by atoms with Crippen molar-refractivity contribution in [2.24, 2.45) is 0 Å². The van der Waals surface area contributed by atoms with Crippen LogP contribution >= 0.6 is 0 Å². The maximum atomic E-state index is 13.3. The van der Waals surface area contributed by atoms with Crippen LogP contribution in [0, 0.1) is 11.6 Å². The smallest absolute Gasteiger partial charge is 0.165 e. The average molecular weight is 280 g/mol. The Hall–Kier alpha value is -2.14. The molecule has 1 unspecified atom stereocenters. The number of aliphatic hydroxyl groups excluding tert-OH is 1. The number of benzene rings is 2. The molecule has 0 aliphatic rings. The topological polar surface area (TPSA) is 38.7 Å². The minimum atomic E-state index is -0.946. The molecule has 0 spiro atoms. The van der Waals surface area contributed by atoms with Crippen LogP contribution in [-0.2, 0) is 0 Å². The fourth-order valence-corrected chi connectivity index (χ4v) is 1.53. The van der Waals surface area contributed by atoms with Gasteiger partial charge in [-0.2, -0.15) is 0 Å². The van der Waals surface area contributed by atoms with Crippen LogP contribution in [0.1, 0.15) is 0 Å². The molecular weight excluding hydrogens is 266 g/mol. The van der Waals surface area contributed by atoms with Crippen molar-refractivity contribution < 1.29 is 23.4 Å². The minimum Gasteiger partial charge on any atom is -0.491 e. The van der Waals surface area contributed by atoms with Crippen molar-refractivity contribution in [3.8, 4) is 11.5 Å². The van der Waals surface area contributed by atoms with Crippen molar-refractivity contribution >= 4 is 0 Å². The van der Waals surface area contributed by atoms with E-state index in [-0.39, 0.29) is 19.0 Å². The summed E-state index contributed by atoms with van der Waals surface area (Å²) in [6, 6.07) is 11.9. The van der Waals surface area contributed by atoms with Crippen LogP contribution in [0.25, 0.3) is 0 Å². The molecule has 0 aliphatic heterocycles. The molecule has 0 aromatic heterocycles. The molecule has 0 aliphatic carbocycles. The molecule has 0 fully saturated rings. The molecule has 1 atom stereocenters. The summed E-state index contributed by atoms with van der Waals surface area (Å²) in [5, 5.41) is 9.67. The van der Waals surface area contributed by atoms with Gasteiger partial charge < -0.3 is 14.6 Å². The van der Waals surface area contributed by atoms with Gasteiger partial charge in [0.25, 0.3) is 0 Å². The number of para-hydroxylation sites is 1. The van der Waals surface area contributed by atoms with Gasteiger partial charge in [-0.1, -0.05) is 18.2 Å². The summed E-state index contributed by atoms with van der Waals surface area (Å²) in [4.78, 5) is 0. The highest BCUT2D eigenvalue weighted by molar-refractivity contribution is 5.25. The van der Waals surface area contributed by atoms with Crippen LogP contribution in [0.3, 0.4) is 0 Å². The Kier molecular flexibility index (Phi) is 4.90. The fourth-order valence-electron chi connectivity index (χ4n) is 1.53. The van der Waals surface area contributed by atoms with E-state index in [4.69, 9.17) is 9.47 Å². The normalized spacial score (nSPS) is 11.9. The second-order valence-electron chi connectivity index (χ2n) is 4.16. The third kappa shape index (κ3) is 4.20. The van der Waals surface area contributed by atoms with Gasteiger partial charge >= 0.3 is 0 Å². The molecule has 1 N–H and O–H groups in total. The Morgan fingerprint density at radius 1 is 0.950 bits per heavy atom.